The smallest absolute Gasteiger partial charge is 0.205 e. The minimum Gasteiger partial charge on any atom is -0.506 e. The van der Waals surface area contributed by atoms with Crippen LogP contribution in [0, 0.1) is 0 Å². The Kier molecular flexibility index (Phi) is 3.91. The molecule has 0 fully saturated rings. The topological polar surface area (TPSA) is 95.1 Å². The number of aromatic hydroxyl groups is 1. The number of phenols is 1. The standard InChI is InChI=1S/C15H14ClN3O3S/c1-2-23(21,22)10-4-5-11-12(8-10)18-15(17-11)19-13-7-9(16)3-6-14(13)20/h3-8,20H,2H2,1H3,(H2,17,18,19). The Morgan fingerprint density at radius 1 is 1.26 bits per heavy atom. The van der Waals surface area contributed by atoms with Crippen LogP contribution in [0.25, 0.3) is 11.0 Å². The van der Waals surface area contributed by atoms with Gasteiger partial charge in [0.2, 0.25) is 5.95 Å². The predicted octanol–water partition coefficient (Wildman–Crippen LogP) is 3.46. The number of rotatable bonds is 4. The van der Waals surface area contributed by atoms with E-state index in [0.717, 1.165) is 0 Å². The molecule has 0 bridgehead atoms. The third-order valence-corrected chi connectivity index (χ3v) is 5.37. The van der Waals surface area contributed by atoms with Crippen molar-refractivity contribution in [1.29, 1.82) is 0 Å². The molecule has 23 heavy (non-hydrogen) atoms. The van der Waals surface area contributed by atoms with Gasteiger partial charge >= 0.3 is 0 Å². The first-order valence-electron chi connectivity index (χ1n) is 6.87. The number of halogens is 1. The van der Waals surface area contributed by atoms with Crippen LogP contribution in [-0.4, -0.2) is 29.2 Å². The lowest BCUT2D eigenvalue weighted by Gasteiger charge is -2.05. The van der Waals surface area contributed by atoms with Crippen molar-refractivity contribution in [3.05, 3.63) is 41.4 Å². The van der Waals surface area contributed by atoms with Gasteiger partial charge in [-0.25, -0.2) is 13.4 Å². The second kappa shape index (κ2) is 5.75. The van der Waals surface area contributed by atoms with E-state index in [4.69, 9.17) is 11.6 Å². The summed E-state index contributed by atoms with van der Waals surface area (Å²) < 4.78 is 23.8. The van der Waals surface area contributed by atoms with Crippen LogP contribution in [0.1, 0.15) is 6.92 Å². The fourth-order valence-corrected chi connectivity index (χ4v) is 3.21. The van der Waals surface area contributed by atoms with Gasteiger partial charge in [0.05, 0.1) is 27.4 Å². The second-order valence-corrected chi connectivity index (χ2v) is 7.67. The van der Waals surface area contributed by atoms with Crippen LogP contribution in [-0.2, 0) is 9.84 Å². The van der Waals surface area contributed by atoms with Crippen LogP contribution in [0.2, 0.25) is 5.02 Å². The quantitative estimate of drug-likeness (QED) is 0.626. The van der Waals surface area contributed by atoms with E-state index in [-0.39, 0.29) is 16.4 Å². The number of fused-ring (bicyclic) bond motifs is 1. The summed E-state index contributed by atoms with van der Waals surface area (Å²) in [5.41, 5.74) is 1.60. The molecule has 3 rings (SSSR count). The Morgan fingerprint density at radius 2 is 2.04 bits per heavy atom. The van der Waals surface area contributed by atoms with E-state index in [1.54, 1.807) is 31.2 Å². The average molecular weight is 352 g/mol. The number of nitrogens with zero attached hydrogens (tertiary/aromatic N) is 1. The number of phenolic OH excluding ortho intramolecular Hbond substituents is 1. The highest BCUT2D eigenvalue weighted by Gasteiger charge is 2.14. The molecule has 0 aliphatic heterocycles. The summed E-state index contributed by atoms with van der Waals surface area (Å²) in [5.74, 6) is 0.442. The van der Waals surface area contributed by atoms with Gasteiger partial charge < -0.3 is 15.4 Å². The maximum atomic E-state index is 11.9. The van der Waals surface area contributed by atoms with Crippen molar-refractivity contribution in [2.75, 3.05) is 11.1 Å². The van der Waals surface area contributed by atoms with Crippen molar-refractivity contribution < 1.29 is 13.5 Å². The number of nitrogens with one attached hydrogen (secondary N) is 2. The molecule has 120 valence electrons. The molecule has 1 heterocycles. The third-order valence-electron chi connectivity index (χ3n) is 3.41. The zero-order chi connectivity index (χ0) is 16.6. The summed E-state index contributed by atoms with van der Waals surface area (Å²) in [5, 5.41) is 13.2. The van der Waals surface area contributed by atoms with E-state index >= 15 is 0 Å². The Balaban J connectivity index is 1.99. The van der Waals surface area contributed by atoms with E-state index in [9.17, 15) is 13.5 Å². The van der Waals surface area contributed by atoms with Gasteiger partial charge in [0.1, 0.15) is 5.75 Å². The van der Waals surface area contributed by atoms with Gasteiger partial charge in [-0.15, -0.1) is 0 Å². The summed E-state index contributed by atoms with van der Waals surface area (Å²) in [6.45, 7) is 1.60. The molecule has 0 unspecified atom stereocenters. The van der Waals surface area contributed by atoms with Crippen LogP contribution >= 0.6 is 11.6 Å². The molecule has 2 aromatic carbocycles. The van der Waals surface area contributed by atoms with Crippen LogP contribution in [0.4, 0.5) is 11.6 Å². The van der Waals surface area contributed by atoms with Crippen molar-refractivity contribution in [3.8, 4) is 5.75 Å². The Bertz CT molecular complexity index is 983. The number of benzene rings is 2. The molecule has 0 atom stereocenters. The maximum absolute atomic E-state index is 11.9. The molecular formula is C15H14ClN3O3S. The van der Waals surface area contributed by atoms with Crippen molar-refractivity contribution in [1.82, 2.24) is 9.97 Å². The number of aromatic amines is 1. The second-order valence-electron chi connectivity index (χ2n) is 4.95. The first-order chi connectivity index (χ1) is 10.9. The number of imidazole rings is 1. The van der Waals surface area contributed by atoms with Crippen molar-refractivity contribution >= 4 is 44.1 Å². The highest BCUT2D eigenvalue weighted by molar-refractivity contribution is 7.91. The fraction of sp³-hybridized carbons (Fsp3) is 0.133. The van der Waals surface area contributed by atoms with Gasteiger partial charge in [-0.05, 0) is 36.4 Å². The van der Waals surface area contributed by atoms with Crippen molar-refractivity contribution in [2.45, 2.75) is 11.8 Å². The Labute approximate surface area is 138 Å². The largest absolute Gasteiger partial charge is 0.506 e. The maximum Gasteiger partial charge on any atom is 0.205 e. The lowest BCUT2D eigenvalue weighted by Crippen LogP contribution is -2.03. The summed E-state index contributed by atoms with van der Waals surface area (Å²) in [6, 6.07) is 9.33. The van der Waals surface area contributed by atoms with Crippen LogP contribution in [0.5, 0.6) is 5.75 Å². The number of hydrogen-bond donors (Lipinski definition) is 3. The molecule has 6 nitrogen and oxygen atoms in total. The van der Waals surface area contributed by atoms with E-state index in [1.165, 1.54) is 12.1 Å². The van der Waals surface area contributed by atoms with E-state index < -0.39 is 9.84 Å². The summed E-state index contributed by atoms with van der Waals surface area (Å²) in [4.78, 5) is 7.55. The van der Waals surface area contributed by atoms with Crippen LogP contribution < -0.4 is 5.32 Å². The number of hydrogen-bond acceptors (Lipinski definition) is 5. The molecule has 0 saturated carbocycles. The molecule has 8 heteroatoms. The minimum atomic E-state index is -3.28. The van der Waals surface area contributed by atoms with Crippen LogP contribution in [0.3, 0.4) is 0 Å². The molecule has 3 N–H and O–H groups in total. The van der Waals surface area contributed by atoms with Gasteiger partial charge in [0.15, 0.2) is 9.84 Å². The number of sulfone groups is 1. The monoisotopic (exact) mass is 351 g/mol. The van der Waals surface area contributed by atoms with E-state index in [0.29, 0.717) is 27.7 Å². The number of aromatic nitrogens is 2. The Morgan fingerprint density at radius 3 is 2.78 bits per heavy atom. The van der Waals surface area contributed by atoms with E-state index in [1.807, 2.05) is 0 Å². The minimum absolute atomic E-state index is 0.0316. The Hall–Kier alpha value is -2.25. The molecule has 0 radical (unpaired) electrons. The first-order valence-corrected chi connectivity index (χ1v) is 8.90. The lowest BCUT2D eigenvalue weighted by atomic mass is 10.3. The third kappa shape index (κ3) is 3.11. The highest BCUT2D eigenvalue weighted by atomic mass is 35.5. The molecular weight excluding hydrogens is 338 g/mol. The van der Waals surface area contributed by atoms with Crippen molar-refractivity contribution in [2.24, 2.45) is 0 Å². The summed E-state index contributed by atoms with van der Waals surface area (Å²) in [7, 11) is -3.28. The predicted molar refractivity (Wildman–Crippen MR) is 90.2 cm³/mol. The van der Waals surface area contributed by atoms with Crippen molar-refractivity contribution in [3.63, 3.8) is 0 Å². The van der Waals surface area contributed by atoms with Gasteiger partial charge in [-0.2, -0.15) is 0 Å². The summed E-state index contributed by atoms with van der Waals surface area (Å²) >= 11 is 5.90. The fourth-order valence-electron chi connectivity index (χ4n) is 2.14. The van der Waals surface area contributed by atoms with Gasteiger partial charge in [0, 0.05) is 5.02 Å². The van der Waals surface area contributed by atoms with Gasteiger partial charge in [-0.1, -0.05) is 18.5 Å². The van der Waals surface area contributed by atoms with Gasteiger partial charge in [0.25, 0.3) is 0 Å². The molecule has 1 aromatic heterocycles. The summed E-state index contributed by atoms with van der Waals surface area (Å²) in [6.07, 6.45) is 0. The molecule has 0 saturated heterocycles. The molecule has 3 aromatic rings. The SMILES string of the molecule is CCS(=O)(=O)c1ccc2[nH]c(Nc3cc(Cl)ccc3O)nc2c1. The zero-order valence-corrected chi connectivity index (χ0v) is 13.7. The number of H-pyrrole nitrogens is 1. The van der Waals surface area contributed by atoms with Gasteiger partial charge in [-0.3, -0.25) is 0 Å². The first kappa shape index (κ1) is 15.6. The number of anilines is 2. The normalized spacial score (nSPS) is 11.7. The highest BCUT2D eigenvalue weighted by Crippen LogP contribution is 2.29. The molecule has 0 aliphatic carbocycles. The molecule has 0 amide bonds. The van der Waals surface area contributed by atoms with Crippen LogP contribution in [0.15, 0.2) is 41.3 Å². The molecule has 0 spiro atoms. The van der Waals surface area contributed by atoms with E-state index in [2.05, 4.69) is 15.3 Å². The lowest BCUT2D eigenvalue weighted by molar-refractivity contribution is 0.477. The zero-order valence-electron chi connectivity index (χ0n) is 12.2. The average Bonchev–Trinajstić information content (AvgIpc) is 2.92. The molecule has 0 aliphatic rings.